The average Bonchev–Trinajstić information content (AvgIpc) is 2.80. The molecule has 2 atom stereocenters. The molecule has 1 N–H and O–H groups in total. The highest BCUT2D eigenvalue weighted by Crippen LogP contribution is 2.27. The van der Waals surface area contributed by atoms with Crippen LogP contribution in [-0.4, -0.2) is 35.1 Å². The molecule has 2 aliphatic rings. The Morgan fingerprint density at radius 1 is 1.38 bits per heavy atom. The van der Waals surface area contributed by atoms with E-state index in [1.807, 2.05) is 12.4 Å². The fourth-order valence-corrected chi connectivity index (χ4v) is 2.32. The van der Waals surface area contributed by atoms with Crippen molar-refractivity contribution in [2.75, 3.05) is 18.0 Å². The van der Waals surface area contributed by atoms with Crippen LogP contribution < -0.4 is 10.2 Å². The number of fused-ring (bicyclic) bond motifs is 2. The van der Waals surface area contributed by atoms with E-state index < -0.39 is 0 Å². The van der Waals surface area contributed by atoms with Crippen LogP contribution in [0.1, 0.15) is 6.42 Å². The van der Waals surface area contributed by atoms with Gasteiger partial charge in [-0.05, 0) is 6.42 Å². The molecule has 0 aliphatic carbocycles. The maximum absolute atomic E-state index is 4.04. The maximum atomic E-state index is 4.04. The molecule has 1 aromatic rings. The molecule has 4 heteroatoms. The first-order valence-corrected chi connectivity index (χ1v) is 4.68. The van der Waals surface area contributed by atoms with E-state index in [9.17, 15) is 0 Å². The summed E-state index contributed by atoms with van der Waals surface area (Å²) in [7, 11) is 0. The number of nitrogens with one attached hydrogen (secondary N) is 1. The summed E-state index contributed by atoms with van der Waals surface area (Å²) in [4.78, 5) is 10.5. The van der Waals surface area contributed by atoms with Gasteiger partial charge in [-0.2, -0.15) is 0 Å². The number of hydrogen-bond acceptors (Lipinski definition) is 4. The summed E-state index contributed by atoms with van der Waals surface area (Å²) in [5.74, 6) is 0. The van der Waals surface area contributed by atoms with Crippen molar-refractivity contribution in [3.05, 3.63) is 18.7 Å². The summed E-state index contributed by atoms with van der Waals surface area (Å²) in [5.41, 5.74) is 1.16. The number of anilines is 1. The minimum absolute atomic E-state index is 0.663. The number of piperazine rings is 1. The Labute approximate surface area is 77.0 Å². The van der Waals surface area contributed by atoms with E-state index >= 15 is 0 Å². The Morgan fingerprint density at radius 2 is 2.23 bits per heavy atom. The third-order valence-electron chi connectivity index (χ3n) is 2.94. The molecule has 0 amide bonds. The van der Waals surface area contributed by atoms with Crippen molar-refractivity contribution >= 4 is 5.69 Å². The fraction of sp³-hybridized carbons (Fsp3) is 0.556. The van der Waals surface area contributed by atoms with E-state index in [0.29, 0.717) is 12.1 Å². The zero-order valence-electron chi connectivity index (χ0n) is 7.35. The predicted octanol–water partition coefficient (Wildman–Crippen LogP) is 0.0271. The number of nitrogens with zero attached hydrogens (tertiary/aromatic N) is 3. The molecule has 3 rings (SSSR count). The Kier molecular flexibility index (Phi) is 1.49. The van der Waals surface area contributed by atoms with Crippen LogP contribution >= 0.6 is 0 Å². The molecule has 2 saturated heterocycles. The van der Waals surface area contributed by atoms with E-state index in [1.54, 1.807) is 6.33 Å². The standard InChI is InChI=1S/C9H12N4/c1-7-5-13(8(1)4-12-7)9-2-10-6-11-3-9/h2-3,6-8,12H,1,4-5H2/t7-,8-/m0/s1. The predicted molar refractivity (Wildman–Crippen MR) is 49.6 cm³/mol. The van der Waals surface area contributed by atoms with Crippen LogP contribution in [0.4, 0.5) is 5.69 Å². The molecule has 2 fully saturated rings. The summed E-state index contributed by atoms with van der Waals surface area (Å²) in [6.07, 6.45) is 6.65. The van der Waals surface area contributed by atoms with Gasteiger partial charge in [0.25, 0.3) is 0 Å². The molecule has 1 aromatic heterocycles. The normalized spacial score (nSPS) is 31.2. The highest BCUT2D eigenvalue weighted by Gasteiger charge is 2.37. The van der Waals surface area contributed by atoms with Crippen LogP contribution in [0.2, 0.25) is 0 Å². The number of hydrogen-bond donors (Lipinski definition) is 1. The SMILES string of the molecule is c1ncc(N2C[C@@H]3C[C@H]2CN3)cn1. The van der Waals surface area contributed by atoms with Gasteiger partial charge in [0.1, 0.15) is 6.33 Å². The lowest BCUT2D eigenvalue weighted by Gasteiger charge is -2.28. The van der Waals surface area contributed by atoms with Crippen molar-refractivity contribution in [3.8, 4) is 0 Å². The minimum Gasteiger partial charge on any atom is -0.363 e. The van der Waals surface area contributed by atoms with E-state index in [0.717, 1.165) is 18.8 Å². The molecule has 4 nitrogen and oxygen atoms in total. The summed E-state index contributed by atoms with van der Waals surface area (Å²) in [6.45, 7) is 2.22. The van der Waals surface area contributed by atoms with Gasteiger partial charge >= 0.3 is 0 Å². The maximum Gasteiger partial charge on any atom is 0.115 e. The van der Waals surface area contributed by atoms with E-state index in [1.165, 1.54) is 6.42 Å². The van der Waals surface area contributed by atoms with Gasteiger partial charge in [-0.3, -0.25) is 0 Å². The van der Waals surface area contributed by atoms with Crippen molar-refractivity contribution < 1.29 is 0 Å². The molecule has 0 unspecified atom stereocenters. The Hall–Kier alpha value is -1.16. The molecule has 2 aliphatic heterocycles. The summed E-state index contributed by atoms with van der Waals surface area (Å²) < 4.78 is 0. The first kappa shape index (κ1) is 7.26. The molecular formula is C9H12N4. The second-order valence-corrected chi connectivity index (χ2v) is 3.74. The molecule has 2 bridgehead atoms. The molecule has 0 aromatic carbocycles. The summed E-state index contributed by atoms with van der Waals surface area (Å²) in [6, 6.07) is 1.35. The monoisotopic (exact) mass is 176 g/mol. The van der Waals surface area contributed by atoms with Gasteiger partial charge in [0, 0.05) is 25.2 Å². The highest BCUT2D eigenvalue weighted by atomic mass is 15.3. The van der Waals surface area contributed by atoms with Crippen LogP contribution in [0.5, 0.6) is 0 Å². The van der Waals surface area contributed by atoms with Crippen LogP contribution in [0.3, 0.4) is 0 Å². The van der Waals surface area contributed by atoms with Crippen molar-refractivity contribution in [1.82, 2.24) is 15.3 Å². The lowest BCUT2D eigenvalue weighted by Crippen LogP contribution is -2.43. The smallest absolute Gasteiger partial charge is 0.115 e. The lowest BCUT2D eigenvalue weighted by molar-refractivity contribution is 0.579. The van der Waals surface area contributed by atoms with Gasteiger partial charge < -0.3 is 10.2 Å². The third kappa shape index (κ3) is 1.09. The highest BCUT2D eigenvalue weighted by molar-refractivity contribution is 5.46. The second-order valence-electron chi connectivity index (χ2n) is 3.74. The van der Waals surface area contributed by atoms with E-state index in [-0.39, 0.29) is 0 Å². The second kappa shape index (κ2) is 2.67. The molecule has 68 valence electrons. The molecule has 0 radical (unpaired) electrons. The number of aromatic nitrogens is 2. The fourth-order valence-electron chi connectivity index (χ4n) is 2.32. The van der Waals surface area contributed by atoms with Crippen molar-refractivity contribution in [1.29, 1.82) is 0 Å². The van der Waals surface area contributed by atoms with Crippen LogP contribution in [0, 0.1) is 0 Å². The Bertz CT molecular complexity index is 300. The van der Waals surface area contributed by atoms with Gasteiger partial charge in [-0.1, -0.05) is 0 Å². The van der Waals surface area contributed by atoms with Crippen molar-refractivity contribution in [2.45, 2.75) is 18.5 Å². The minimum atomic E-state index is 0.663. The summed E-state index contributed by atoms with van der Waals surface area (Å²) in [5, 5.41) is 3.47. The van der Waals surface area contributed by atoms with Gasteiger partial charge in [0.05, 0.1) is 18.1 Å². The quantitative estimate of drug-likeness (QED) is 0.655. The molecule has 0 saturated carbocycles. The first-order valence-electron chi connectivity index (χ1n) is 4.68. The van der Waals surface area contributed by atoms with E-state index in [2.05, 4.69) is 20.2 Å². The zero-order valence-corrected chi connectivity index (χ0v) is 7.35. The largest absolute Gasteiger partial charge is 0.363 e. The average molecular weight is 176 g/mol. The van der Waals surface area contributed by atoms with Gasteiger partial charge in [-0.15, -0.1) is 0 Å². The van der Waals surface area contributed by atoms with Crippen LogP contribution in [-0.2, 0) is 0 Å². The van der Waals surface area contributed by atoms with Gasteiger partial charge in [-0.25, -0.2) is 9.97 Å². The topological polar surface area (TPSA) is 41.1 Å². The van der Waals surface area contributed by atoms with Crippen molar-refractivity contribution in [2.24, 2.45) is 0 Å². The first-order chi connectivity index (χ1) is 6.43. The molecule has 13 heavy (non-hydrogen) atoms. The van der Waals surface area contributed by atoms with Gasteiger partial charge in [0.15, 0.2) is 0 Å². The molecular weight excluding hydrogens is 164 g/mol. The molecule has 3 heterocycles. The zero-order chi connectivity index (χ0) is 8.67. The van der Waals surface area contributed by atoms with Crippen molar-refractivity contribution in [3.63, 3.8) is 0 Å². The summed E-state index contributed by atoms with van der Waals surface area (Å²) >= 11 is 0. The molecule has 0 spiro atoms. The Morgan fingerprint density at radius 3 is 2.85 bits per heavy atom. The van der Waals surface area contributed by atoms with Crippen LogP contribution in [0.15, 0.2) is 18.7 Å². The number of rotatable bonds is 1. The van der Waals surface area contributed by atoms with Gasteiger partial charge in [0.2, 0.25) is 0 Å². The third-order valence-corrected chi connectivity index (χ3v) is 2.94. The lowest BCUT2D eigenvalue weighted by atomic mass is 10.2. The Balaban J connectivity index is 1.87. The van der Waals surface area contributed by atoms with E-state index in [4.69, 9.17) is 0 Å². The van der Waals surface area contributed by atoms with Crippen LogP contribution in [0.25, 0.3) is 0 Å².